The highest BCUT2D eigenvalue weighted by atomic mass is 16.6. The summed E-state index contributed by atoms with van der Waals surface area (Å²) in [4.78, 5) is 29.6. The summed E-state index contributed by atoms with van der Waals surface area (Å²) in [7, 11) is 0. The minimum absolute atomic E-state index is 0.0133. The van der Waals surface area contributed by atoms with E-state index in [1.54, 1.807) is 35.2 Å². The Morgan fingerprint density at radius 3 is 2.63 bits per heavy atom. The Balaban J connectivity index is 1.59. The normalized spacial score (nSPS) is 11.3. The summed E-state index contributed by atoms with van der Waals surface area (Å²) < 4.78 is 1.68. The van der Waals surface area contributed by atoms with Crippen molar-refractivity contribution in [1.82, 2.24) is 19.7 Å². The van der Waals surface area contributed by atoms with Crippen molar-refractivity contribution in [3.63, 3.8) is 0 Å². The molecule has 0 aliphatic heterocycles. The lowest BCUT2D eigenvalue weighted by atomic mass is 10.2. The first-order valence-electron chi connectivity index (χ1n) is 9.03. The number of rotatable bonds is 5. The van der Waals surface area contributed by atoms with Gasteiger partial charge in [-0.3, -0.25) is 20.3 Å². The van der Waals surface area contributed by atoms with E-state index in [1.807, 2.05) is 26.0 Å². The minimum atomic E-state index is -0.447. The van der Waals surface area contributed by atoms with Crippen LogP contribution in [0.15, 0.2) is 58.4 Å². The first kappa shape index (κ1) is 19.0. The number of benzene rings is 2. The molecule has 30 heavy (non-hydrogen) atoms. The molecule has 0 aliphatic rings. The number of nitrogens with one attached hydrogen (secondary N) is 2. The molecule has 10 heteroatoms. The van der Waals surface area contributed by atoms with Crippen LogP contribution in [0.5, 0.6) is 0 Å². The highest BCUT2D eigenvalue weighted by Crippen LogP contribution is 2.19. The van der Waals surface area contributed by atoms with E-state index in [1.165, 1.54) is 12.1 Å². The zero-order chi connectivity index (χ0) is 21.3. The van der Waals surface area contributed by atoms with Gasteiger partial charge in [-0.2, -0.15) is 10.2 Å². The quantitative estimate of drug-likeness (QED) is 0.299. The number of aromatic nitrogens is 4. The van der Waals surface area contributed by atoms with Gasteiger partial charge in [0.1, 0.15) is 0 Å². The molecular weight excluding hydrogens is 386 g/mol. The lowest BCUT2D eigenvalue weighted by molar-refractivity contribution is -0.384. The van der Waals surface area contributed by atoms with Crippen LogP contribution in [0.1, 0.15) is 17.0 Å². The molecular formula is C20H17N7O3. The van der Waals surface area contributed by atoms with E-state index >= 15 is 0 Å². The van der Waals surface area contributed by atoms with Gasteiger partial charge in [0.25, 0.3) is 11.2 Å². The van der Waals surface area contributed by atoms with Gasteiger partial charge in [-0.1, -0.05) is 12.1 Å². The van der Waals surface area contributed by atoms with Gasteiger partial charge >= 0.3 is 0 Å². The van der Waals surface area contributed by atoms with Crippen molar-refractivity contribution in [3.8, 4) is 5.69 Å². The summed E-state index contributed by atoms with van der Waals surface area (Å²) in [5.74, 6) is 0.0861. The first-order chi connectivity index (χ1) is 14.4. The van der Waals surface area contributed by atoms with Gasteiger partial charge in [-0.15, -0.1) is 0 Å². The van der Waals surface area contributed by atoms with Crippen LogP contribution < -0.4 is 11.0 Å². The fourth-order valence-electron chi connectivity index (χ4n) is 3.07. The lowest BCUT2D eigenvalue weighted by Gasteiger charge is -2.04. The molecule has 0 spiro atoms. The van der Waals surface area contributed by atoms with Gasteiger partial charge in [0.05, 0.1) is 39.2 Å². The molecule has 2 heterocycles. The van der Waals surface area contributed by atoms with Gasteiger partial charge in [-0.25, -0.2) is 9.67 Å². The average Bonchev–Trinajstić information content (AvgIpc) is 3.02. The van der Waals surface area contributed by atoms with Crippen LogP contribution in [0.25, 0.3) is 16.7 Å². The maximum atomic E-state index is 12.2. The van der Waals surface area contributed by atoms with Crippen LogP contribution in [-0.4, -0.2) is 30.9 Å². The molecule has 10 nitrogen and oxygen atoms in total. The maximum Gasteiger partial charge on any atom is 0.293 e. The SMILES string of the molecule is Cc1nn(-c2ccc([N+](=O)[O-])cc2)c(C)c1/C=N/Nc1nc2ccccc2[nH]c1=O. The third-order valence-electron chi connectivity index (χ3n) is 4.62. The molecule has 0 fully saturated rings. The number of hydrogen-bond acceptors (Lipinski definition) is 7. The summed E-state index contributed by atoms with van der Waals surface area (Å²) in [5, 5.41) is 19.5. The molecule has 0 saturated carbocycles. The minimum Gasteiger partial charge on any atom is -0.317 e. The Hall–Kier alpha value is -4.34. The van der Waals surface area contributed by atoms with Crippen molar-refractivity contribution >= 4 is 28.8 Å². The fourth-order valence-corrected chi connectivity index (χ4v) is 3.07. The monoisotopic (exact) mass is 403 g/mol. The summed E-state index contributed by atoms with van der Waals surface area (Å²) in [6, 6.07) is 13.3. The number of hydrazone groups is 1. The van der Waals surface area contributed by atoms with E-state index in [2.05, 4.69) is 25.6 Å². The molecule has 0 bridgehead atoms. The molecule has 2 N–H and O–H groups in total. The van der Waals surface area contributed by atoms with Crippen LogP contribution in [0.4, 0.5) is 11.5 Å². The highest BCUT2D eigenvalue weighted by molar-refractivity contribution is 5.83. The zero-order valence-electron chi connectivity index (χ0n) is 16.2. The molecule has 0 atom stereocenters. The van der Waals surface area contributed by atoms with E-state index in [4.69, 9.17) is 0 Å². The van der Waals surface area contributed by atoms with Crippen molar-refractivity contribution in [3.05, 3.63) is 86.0 Å². The summed E-state index contributed by atoms with van der Waals surface area (Å²) in [5.41, 5.74) is 6.59. The molecule has 4 rings (SSSR count). The van der Waals surface area contributed by atoms with E-state index in [0.717, 1.165) is 17.0 Å². The van der Waals surface area contributed by atoms with E-state index in [-0.39, 0.29) is 17.1 Å². The van der Waals surface area contributed by atoms with Crippen LogP contribution in [0.2, 0.25) is 0 Å². The Morgan fingerprint density at radius 2 is 1.90 bits per heavy atom. The summed E-state index contributed by atoms with van der Waals surface area (Å²) in [6.07, 6.45) is 1.57. The molecule has 0 unspecified atom stereocenters. The molecule has 4 aromatic rings. The largest absolute Gasteiger partial charge is 0.317 e. The third-order valence-corrected chi connectivity index (χ3v) is 4.62. The van der Waals surface area contributed by atoms with E-state index < -0.39 is 4.92 Å². The summed E-state index contributed by atoms with van der Waals surface area (Å²) in [6.45, 7) is 3.70. The number of hydrogen-bond donors (Lipinski definition) is 2. The smallest absolute Gasteiger partial charge is 0.293 e. The molecule has 2 aromatic heterocycles. The number of anilines is 1. The lowest BCUT2D eigenvalue weighted by Crippen LogP contribution is -2.13. The van der Waals surface area contributed by atoms with E-state index in [9.17, 15) is 14.9 Å². The number of nitrogens with zero attached hydrogens (tertiary/aromatic N) is 5. The number of nitro benzene ring substituents is 1. The Morgan fingerprint density at radius 1 is 1.17 bits per heavy atom. The number of H-pyrrole nitrogens is 1. The van der Waals surface area contributed by atoms with Crippen molar-refractivity contribution in [2.45, 2.75) is 13.8 Å². The van der Waals surface area contributed by atoms with Crippen molar-refractivity contribution in [1.29, 1.82) is 0 Å². The first-order valence-corrected chi connectivity index (χ1v) is 9.03. The Bertz CT molecular complexity index is 1340. The predicted molar refractivity (Wildman–Crippen MR) is 113 cm³/mol. The average molecular weight is 403 g/mol. The number of non-ortho nitro benzene ring substituents is 1. The van der Waals surface area contributed by atoms with E-state index in [0.29, 0.717) is 16.7 Å². The van der Waals surface area contributed by atoms with Crippen molar-refractivity contribution < 1.29 is 4.92 Å². The molecule has 0 radical (unpaired) electrons. The van der Waals surface area contributed by atoms with Crippen LogP contribution in [-0.2, 0) is 0 Å². The van der Waals surface area contributed by atoms with Crippen LogP contribution in [0.3, 0.4) is 0 Å². The van der Waals surface area contributed by atoms with Gasteiger partial charge < -0.3 is 4.98 Å². The number of para-hydroxylation sites is 2. The van der Waals surface area contributed by atoms with Gasteiger partial charge in [0, 0.05) is 17.7 Å². The molecule has 0 saturated heterocycles. The maximum absolute atomic E-state index is 12.2. The molecule has 2 aromatic carbocycles. The Labute approximate surface area is 170 Å². The zero-order valence-corrected chi connectivity index (χ0v) is 16.2. The summed E-state index contributed by atoms with van der Waals surface area (Å²) >= 11 is 0. The Kier molecular flexibility index (Phi) is 4.80. The number of nitro groups is 1. The second kappa shape index (κ2) is 7.59. The fraction of sp³-hybridized carbons (Fsp3) is 0.100. The second-order valence-corrected chi connectivity index (χ2v) is 6.57. The third kappa shape index (κ3) is 3.53. The molecule has 0 aliphatic carbocycles. The van der Waals surface area contributed by atoms with Gasteiger partial charge in [0.2, 0.25) is 5.82 Å². The highest BCUT2D eigenvalue weighted by Gasteiger charge is 2.13. The number of fused-ring (bicyclic) bond motifs is 1. The second-order valence-electron chi connectivity index (χ2n) is 6.57. The number of aryl methyl sites for hydroxylation is 1. The predicted octanol–water partition coefficient (Wildman–Crippen LogP) is 3.08. The molecule has 150 valence electrons. The van der Waals surface area contributed by atoms with Crippen molar-refractivity contribution in [2.75, 3.05) is 5.43 Å². The standard InChI is InChI=1S/C20H17N7O3/c1-12-16(13(2)26(25-12)14-7-9-15(10-8-14)27(29)30)11-21-24-19-20(28)23-18-6-4-3-5-17(18)22-19/h3-11H,1-2H3,(H,22,24)(H,23,28)/b21-11+. The van der Waals surface area contributed by atoms with Crippen molar-refractivity contribution in [2.24, 2.45) is 5.10 Å². The number of aromatic amines is 1. The topological polar surface area (TPSA) is 131 Å². The van der Waals surface area contributed by atoms with Crippen LogP contribution >= 0.6 is 0 Å². The van der Waals surface area contributed by atoms with Gasteiger partial charge in [0.15, 0.2) is 0 Å². The van der Waals surface area contributed by atoms with Gasteiger partial charge in [-0.05, 0) is 38.1 Å². The molecule has 0 amide bonds. The van der Waals surface area contributed by atoms with Crippen LogP contribution in [0, 0.1) is 24.0 Å².